The van der Waals surface area contributed by atoms with Crippen LogP contribution in [-0.2, 0) is 26.0 Å². The topological polar surface area (TPSA) is 102 Å². The molecule has 0 aliphatic heterocycles. The molecule has 0 unspecified atom stereocenters. The van der Waals surface area contributed by atoms with Crippen molar-refractivity contribution in [1.29, 1.82) is 0 Å². The summed E-state index contributed by atoms with van der Waals surface area (Å²) in [4.78, 5) is 11.6. The molecule has 0 heterocycles. The van der Waals surface area contributed by atoms with Gasteiger partial charge < -0.3 is 14.6 Å². The summed E-state index contributed by atoms with van der Waals surface area (Å²) in [5, 5.41) is 9.82. The number of sulfonamides is 1. The Labute approximate surface area is 158 Å². The summed E-state index contributed by atoms with van der Waals surface area (Å²) in [5.41, 5.74) is 0.300. The van der Waals surface area contributed by atoms with Gasteiger partial charge in [-0.1, -0.05) is 18.2 Å². The van der Waals surface area contributed by atoms with E-state index in [1.807, 2.05) is 0 Å². The van der Waals surface area contributed by atoms with Crippen molar-refractivity contribution >= 4 is 16.0 Å². The standard InChI is InChI=1S/C17H16F3NO6S/c1-26-16(23)14(10-11-4-2-3-5-15(11)22)21-28(24,25)13-8-6-12(7-9-13)27-17(18,19)20/h2-9,14,21-22H,10H2,1H3/t14-/m0/s1. The molecule has 0 fully saturated rings. The van der Waals surface area contributed by atoms with Crippen LogP contribution in [0.15, 0.2) is 53.4 Å². The lowest BCUT2D eigenvalue weighted by Crippen LogP contribution is -2.43. The first-order chi connectivity index (χ1) is 13.0. The lowest BCUT2D eigenvalue weighted by molar-refractivity contribution is -0.274. The van der Waals surface area contributed by atoms with E-state index in [4.69, 9.17) is 0 Å². The van der Waals surface area contributed by atoms with Crippen LogP contribution in [0.2, 0.25) is 0 Å². The number of phenolic OH excluding ortho intramolecular Hbond substituents is 1. The number of ether oxygens (including phenoxy) is 2. The van der Waals surface area contributed by atoms with E-state index in [-0.39, 0.29) is 17.1 Å². The molecule has 0 aliphatic carbocycles. The van der Waals surface area contributed by atoms with Crippen LogP contribution in [-0.4, -0.2) is 39.0 Å². The first kappa shape index (κ1) is 21.5. The van der Waals surface area contributed by atoms with E-state index in [1.54, 1.807) is 12.1 Å². The highest BCUT2D eigenvalue weighted by Gasteiger charge is 2.31. The molecule has 152 valence electrons. The van der Waals surface area contributed by atoms with E-state index < -0.39 is 34.1 Å². The SMILES string of the molecule is COC(=O)[C@H](Cc1ccccc1O)NS(=O)(=O)c1ccc(OC(F)(F)F)cc1. The number of halogens is 3. The maximum Gasteiger partial charge on any atom is 0.573 e. The van der Waals surface area contributed by atoms with Crippen molar-refractivity contribution in [2.24, 2.45) is 0 Å². The van der Waals surface area contributed by atoms with Crippen LogP contribution in [0.1, 0.15) is 5.56 Å². The fourth-order valence-electron chi connectivity index (χ4n) is 2.29. The zero-order valence-corrected chi connectivity index (χ0v) is 15.3. The molecule has 7 nitrogen and oxygen atoms in total. The monoisotopic (exact) mass is 419 g/mol. The highest BCUT2D eigenvalue weighted by molar-refractivity contribution is 7.89. The highest BCUT2D eigenvalue weighted by atomic mass is 32.2. The molecular weight excluding hydrogens is 403 g/mol. The largest absolute Gasteiger partial charge is 0.573 e. The molecule has 28 heavy (non-hydrogen) atoms. The number of rotatable bonds is 7. The number of phenols is 1. The Kier molecular flexibility index (Phi) is 6.52. The second kappa shape index (κ2) is 8.48. The minimum absolute atomic E-state index is 0.135. The fraction of sp³-hybridized carbons (Fsp3) is 0.235. The fourth-order valence-corrected chi connectivity index (χ4v) is 3.48. The van der Waals surface area contributed by atoms with Gasteiger partial charge in [0.2, 0.25) is 10.0 Å². The number of para-hydroxylation sites is 1. The Balaban J connectivity index is 2.22. The third-order valence-corrected chi connectivity index (χ3v) is 5.05. The van der Waals surface area contributed by atoms with Gasteiger partial charge in [-0.3, -0.25) is 4.79 Å². The molecule has 0 spiro atoms. The quantitative estimate of drug-likeness (QED) is 0.668. The van der Waals surface area contributed by atoms with Crippen molar-refractivity contribution in [3.63, 3.8) is 0 Å². The van der Waals surface area contributed by atoms with Gasteiger partial charge in [-0.2, -0.15) is 4.72 Å². The third kappa shape index (κ3) is 5.86. The molecule has 0 radical (unpaired) electrons. The van der Waals surface area contributed by atoms with Crippen molar-refractivity contribution in [3.8, 4) is 11.5 Å². The number of hydrogen-bond donors (Lipinski definition) is 2. The Bertz CT molecular complexity index is 929. The molecule has 0 amide bonds. The summed E-state index contributed by atoms with van der Waals surface area (Å²) in [6.45, 7) is 0. The highest BCUT2D eigenvalue weighted by Crippen LogP contribution is 2.24. The summed E-state index contributed by atoms with van der Waals surface area (Å²) in [7, 11) is -3.21. The maximum atomic E-state index is 12.5. The van der Waals surface area contributed by atoms with Crippen LogP contribution in [0, 0.1) is 0 Å². The summed E-state index contributed by atoms with van der Waals surface area (Å²) in [6.07, 6.45) is -5.11. The van der Waals surface area contributed by atoms with Gasteiger partial charge >= 0.3 is 12.3 Å². The summed E-state index contributed by atoms with van der Waals surface area (Å²) in [5.74, 6) is -1.63. The summed E-state index contributed by atoms with van der Waals surface area (Å²) in [6, 6.07) is 8.12. The number of carbonyl (C=O) groups is 1. The van der Waals surface area contributed by atoms with Crippen LogP contribution >= 0.6 is 0 Å². The van der Waals surface area contributed by atoms with Gasteiger partial charge in [-0.05, 0) is 35.9 Å². The number of aromatic hydroxyl groups is 1. The zero-order chi connectivity index (χ0) is 20.9. The number of carbonyl (C=O) groups excluding carboxylic acids is 1. The normalized spacial score (nSPS) is 13.0. The minimum atomic E-state index is -4.91. The molecular formula is C17H16F3NO6S. The molecule has 2 rings (SSSR count). The number of esters is 1. The Morgan fingerprint density at radius 3 is 2.29 bits per heavy atom. The van der Waals surface area contributed by atoms with Crippen LogP contribution in [0.5, 0.6) is 11.5 Å². The average Bonchev–Trinajstić information content (AvgIpc) is 2.61. The Hall–Kier alpha value is -2.79. The van der Waals surface area contributed by atoms with Crippen LogP contribution in [0.4, 0.5) is 13.2 Å². The van der Waals surface area contributed by atoms with Crippen molar-refractivity contribution < 1.29 is 41.0 Å². The minimum Gasteiger partial charge on any atom is -0.508 e. The molecule has 0 aromatic heterocycles. The van der Waals surface area contributed by atoms with Crippen LogP contribution in [0.3, 0.4) is 0 Å². The average molecular weight is 419 g/mol. The van der Waals surface area contributed by atoms with Gasteiger partial charge in [-0.15, -0.1) is 13.2 Å². The molecule has 0 aliphatic rings. The molecule has 2 N–H and O–H groups in total. The van der Waals surface area contributed by atoms with Gasteiger partial charge in [0.1, 0.15) is 17.5 Å². The van der Waals surface area contributed by atoms with E-state index in [2.05, 4.69) is 14.2 Å². The van der Waals surface area contributed by atoms with Gasteiger partial charge in [-0.25, -0.2) is 8.42 Å². The first-order valence-electron chi connectivity index (χ1n) is 7.74. The van der Waals surface area contributed by atoms with E-state index in [0.29, 0.717) is 5.56 Å². The lowest BCUT2D eigenvalue weighted by Gasteiger charge is -2.17. The van der Waals surface area contributed by atoms with Crippen LogP contribution in [0.25, 0.3) is 0 Å². The lowest BCUT2D eigenvalue weighted by atomic mass is 10.1. The molecule has 0 saturated carbocycles. The van der Waals surface area contributed by atoms with Crippen molar-refractivity contribution in [1.82, 2.24) is 4.72 Å². The van der Waals surface area contributed by atoms with Gasteiger partial charge in [0.15, 0.2) is 0 Å². The number of nitrogens with one attached hydrogen (secondary N) is 1. The maximum absolute atomic E-state index is 12.5. The Morgan fingerprint density at radius 2 is 1.75 bits per heavy atom. The number of methoxy groups -OCH3 is 1. The van der Waals surface area contributed by atoms with E-state index in [0.717, 1.165) is 31.4 Å². The number of hydrogen-bond acceptors (Lipinski definition) is 6. The van der Waals surface area contributed by atoms with Crippen LogP contribution < -0.4 is 9.46 Å². The molecule has 0 saturated heterocycles. The third-order valence-electron chi connectivity index (χ3n) is 3.57. The van der Waals surface area contributed by atoms with Crippen molar-refractivity contribution in [2.75, 3.05) is 7.11 Å². The predicted octanol–water partition coefficient (Wildman–Crippen LogP) is 2.35. The van der Waals surface area contributed by atoms with Gasteiger partial charge in [0, 0.05) is 6.42 Å². The van der Waals surface area contributed by atoms with Gasteiger partial charge in [0.25, 0.3) is 0 Å². The summed E-state index contributed by atoms with van der Waals surface area (Å²) >= 11 is 0. The molecule has 2 aromatic carbocycles. The second-order valence-electron chi connectivity index (χ2n) is 5.55. The van der Waals surface area contributed by atoms with Gasteiger partial charge in [0.05, 0.1) is 12.0 Å². The van der Waals surface area contributed by atoms with E-state index in [1.165, 1.54) is 12.1 Å². The predicted molar refractivity (Wildman–Crippen MR) is 91.1 cm³/mol. The summed E-state index contributed by atoms with van der Waals surface area (Å²) < 4.78 is 71.9. The number of benzene rings is 2. The zero-order valence-electron chi connectivity index (χ0n) is 14.4. The first-order valence-corrected chi connectivity index (χ1v) is 9.23. The molecule has 2 aromatic rings. The smallest absolute Gasteiger partial charge is 0.508 e. The molecule has 11 heteroatoms. The van der Waals surface area contributed by atoms with Crippen molar-refractivity contribution in [3.05, 3.63) is 54.1 Å². The Morgan fingerprint density at radius 1 is 1.14 bits per heavy atom. The number of alkyl halides is 3. The molecule has 0 bridgehead atoms. The van der Waals surface area contributed by atoms with E-state index >= 15 is 0 Å². The van der Waals surface area contributed by atoms with E-state index in [9.17, 15) is 31.5 Å². The second-order valence-corrected chi connectivity index (χ2v) is 7.26. The van der Waals surface area contributed by atoms with Crippen molar-refractivity contribution in [2.45, 2.75) is 23.7 Å². The molecule has 1 atom stereocenters.